The molecule has 1 unspecified atom stereocenters. The summed E-state index contributed by atoms with van der Waals surface area (Å²) in [6, 6.07) is 1.34. The molecule has 84 valence electrons. The summed E-state index contributed by atoms with van der Waals surface area (Å²) in [5.74, 6) is 0. The summed E-state index contributed by atoms with van der Waals surface area (Å²) in [5.41, 5.74) is 0. The SMILES string of the molecule is CCCNC(COC)CN(C)C1CC1. The summed E-state index contributed by atoms with van der Waals surface area (Å²) < 4.78 is 5.21. The molecule has 1 fully saturated rings. The summed E-state index contributed by atoms with van der Waals surface area (Å²) >= 11 is 0. The minimum Gasteiger partial charge on any atom is -0.383 e. The predicted octanol–water partition coefficient (Wildman–Crippen LogP) is 1.10. The molecule has 0 aromatic carbocycles. The third kappa shape index (κ3) is 4.40. The Morgan fingerprint density at radius 1 is 1.50 bits per heavy atom. The van der Waals surface area contributed by atoms with Crippen LogP contribution >= 0.6 is 0 Å². The quantitative estimate of drug-likeness (QED) is 0.635. The lowest BCUT2D eigenvalue weighted by atomic mass is 10.2. The van der Waals surface area contributed by atoms with Crippen molar-refractivity contribution in [3.63, 3.8) is 0 Å². The second kappa shape index (κ2) is 6.38. The number of nitrogens with zero attached hydrogens (tertiary/aromatic N) is 1. The molecule has 0 saturated heterocycles. The molecule has 1 rings (SSSR count). The summed E-state index contributed by atoms with van der Waals surface area (Å²) in [7, 11) is 3.99. The van der Waals surface area contributed by atoms with Crippen LogP contribution in [0.3, 0.4) is 0 Å². The average molecular weight is 200 g/mol. The zero-order chi connectivity index (χ0) is 10.4. The Labute approximate surface area is 87.8 Å². The van der Waals surface area contributed by atoms with E-state index in [1.165, 1.54) is 19.3 Å². The van der Waals surface area contributed by atoms with Gasteiger partial charge in [-0.3, -0.25) is 0 Å². The Morgan fingerprint density at radius 2 is 2.21 bits per heavy atom. The number of methoxy groups -OCH3 is 1. The number of hydrogen-bond acceptors (Lipinski definition) is 3. The molecule has 1 aliphatic rings. The lowest BCUT2D eigenvalue weighted by Crippen LogP contribution is -2.43. The van der Waals surface area contributed by atoms with Crippen molar-refractivity contribution in [1.29, 1.82) is 0 Å². The monoisotopic (exact) mass is 200 g/mol. The van der Waals surface area contributed by atoms with Crippen LogP contribution < -0.4 is 5.32 Å². The van der Waals surface area contributed by atoms with Gasteiger partial charge in [-0.15, -0.1) is 0 Å². The van der Waals surface area contributed by atoms with Gasteiger partial charge in [-0.2, -0.15) is 0 Å². The summed E-state index contributed by atoms with van der Waals surface area (Å²) in [6.45, 7) is 5.21. The lowest BCUT2D eigenvalue weighted by molar-refractivity contribution is 0.144. The molecule has 0 aromatic heterocycles. The van der Waals surface area contributed by atoms with E-state index in [4.69, 9.17) is 4.74 Å². The molecule has 1 N–H and O–H groups in total. The van der Waals surface area contributed by atoms with Crippen molar-refractivity contribution in [2.45, 2.75) is 38.3 Å². The van der Waals surface area contributed by atoms with Crippen molar-refractivity contribution in [3.05, 3.63) is 0 Å². The van der Waals surface area contributed by atoms with E-state index >= 15 is 0 Å². The Hall–Kier alpha value is -0.120. The lowest BCUT2D eigenvalue weighted by Gasteiger charge is -2.24. The van der Waals surface area contributed by atoms with Crippen LogP contribution in [0.15, 0.2) is 0 Å². The molecule has 1 atom stereocenters. The molecule has 0 spiro atoms. The van der Waals surface area contributed by atoms with Gasteiger partial charge in [0.15, 0.2) is 0 Å². The highest BCUT2D eigenvalue weighted by molar-refractivity contribution is 4.84. The highest BCUT2D eigenvalue weighted by Crippen LogP contribution is 2.25. The first-order valence-corrected chi connectivity index (χ1v) is 5.70. The van der Waals surface area contributed by atoms with E-state index in [1.807, 2.05) is 0 Å². The maximum atomic E-state index is 5.21. The van der Waals surface area contributed by atoms with Crippen molar-refractivity contribution in [2.75, 3.05) is 33.9 Å². The van der Waals surface area contributed by atoms with Crippen LogP contribution in [0.25, 0.3) is 0 Å². The fraction of sp³-hybridized carbons (Fsp3) is 1.00. The van der Waals surface area contributed by atoms with Crippen LogP contribution in [0.5, 0.6) is 0 Å². The largest absolute Gasteiger partial charge is 0.383 e. The Morgan fingerprint density at radius 3 is 2.71 bits per heavy atom. The van der Waals surface area contributed by atoms with Crippen molar-refractivity contribution in [1.82, 2.24) is 10.2 Å². The number of rotatable bonds is 8. The first kappa shape index (κ1) is 12.0. The van der Waals surface area contributed by atoms with Gasteiger partial charge in [-0.05, 0) is 32.9 Å². The minimum atomic E-state index is 0.491. The molecule has 0 amide bonds. The molecule has 3 nitrogen and oxygen atoms in total. The number of ether oxygens (including phenoxy) is 1. The molecule has 0 radical (unpaired) electrons. The van der Waals surface area contributed by atoms with Gasteiger partial charge in [-0.1, -0.05) is 6.92 Å². The highest BCUT2D eigenvalue weighted by atomic mass is 16.5. The van der Waals surface area contributed by atoms with Gasteiger partial charge < -0.3 is 15.0 Å². The molecule has 1 saturated carbocycles. The molecule has 0 aromatic rings. The fourth-order valence-electron chi connectivity index (χ4n) is 1.74. The van der Waals surface area contributed by atoms with Gasteiger partial charge in [0.2, 0.25) is 0 Å². The standard InChI is InChI=1S/C11H24N2O/c1-4-7-12-10(9-14-3)8-13(2)11-5-6-11/h10-12H,4-9H2,1-3H3. The van der Waals surface area contributed by atoms with E-state index in [2.05, 4.69) is 24.2 Å². The van der Waals surface area contributed by atoms with E-state index in [1.54, 1.807) is 7.11 Å². The van der Waals surface area contributed by atoms with Crippen LogP contribution in [0.4, 0.5) is 0 Å². The molecule has 1 aliphatic carbocycles. The Balaban J connectivity index is 2.18. The number of likely N-dealkylation sites (N-methyl/N-ethyl adjacent to an activating group) is 1. The van der Waals surface area contributed by atoms with Crippen LogP contribution in [-0.2, 0) is 4.74 Å². The molecule has 0 bridgehead atoms. The third-order valence-corrected chi connectivity index (χ3v) is 2.73. The molecule has 14 heavy (non-hydrogen) atoms. The van der Waals surface area contributed by atoms with Crippen LogP contribution in [-0.4, -0.2) is 50.8 Å². The van der Waals surface area contributed by atoms with Crippen LogP contribution in [0.2, 0.25) is 0 Å². The molecule has 0 aliphatic heterocycles. The Kier molecular flexibility index (Phi) is 5.45. The molecule has 0 heterocycles. The second-order valence-electron chi connectivity index (χ2n) is 4.28. The summed E-state index contributed by atoms with van der Waals surface area (Å²) in [5, 5.41) is 3.52. The first-order valence-electron chi connectivity index (χ1n) is 5.70. The number of nitrogens with one attached hydrogen (secondary N) is 1. The van der Waals surface area contributed by atoms with Gasteiger partial charge >= 0.3 is 0 Å². The topological polar surface area (TPSA) is 24.5 Å². The van der Waals surface area contributed by atoms with Crippen molar-refractivity contribution in [3.8, 4) is 0 Å². The molecular weight excluding hydrogens is 176 g/mol. The van der Waals surface area contributed by atoms with Crippen molar-refractivity contribution < 1.29 is 4.74 Å². The average Bonchev–Trinajstić information content (AvgIpc) is 2.97. The first-order chi connectivity index (χ1) is 6.77. The zero-order valence-corrected chi connectivity index (χ0v) is 9.75. The maximum absolute atomic E-state index is 5.21. The van der Waals surface area contributed by atoms with Crippen molar-refractivity contribution >= 4 is 0 Å². The predicted molar refractivity (Wildman–Crippen MR) is 59.6 cm³/mol. The van der Waals surface area contributed by atoms with Gasteiger partial charge in [0.05, 0.1) is 6.61 Å². The highest BCUT2D eigenvalue weighted by Gasteiger charge is 2.27. The van der Waals surface area contributed by atoms with Gasteiger partial charge in [-0.25, -0.2) is 0 Å². The van der Waals surface area contributed by atoms with Gasteiger partial charge in [0.25, 0.3) is 0 Å². The van der Waals surface area contributed by atoms with E-state index < -0.39 is 0 Å². The Bertz CT molecular complexity index is 148. The molecular formula is C11H24N2O. The second-order valence-corrected chi connectivity index (χ2v) is 4.28. The normalized spacial score (nSPS) is 18.9. The maximum Gasteiger partial charge on any atom is 0.0628 e. The van der Waals surface area contributed by atoms with E-state index in [-0.39, 0.29) is 0 Å². The fourth-order valence-corrected chi connectivity index (χ4v) is 1.74. The smallest absolute Gasteiger partial charge is 0.0628 e. The van der Waals surface area contributed by atoms with E-state index in [0.717, 1.165) is 25.7 Å². The third-order valence-electron chi connectivity index (χ3n) is 2.73. The van der Waals surface area contributed by atoms with E-state index in [0.29, 0.717) is 6.04 Å². The van der Waals surface area contributed by atoms with Crippen molar-refractivity contribution in [2.24, 2.45) is 0 Å². The minimum absolute atomic E-state index is 0.491. The zero-order valence-electron chi connectivity index (χ0n) is 9.75. The van der Waals surface area contributed by atoms with E-state index in [9.17, 15) is 0 Å². The van der Waals surface area contributed by atoms with Crippen LogP contribution in [0, 0.1) is 0 Å². The van der Waals surface area contributed by atoms with Crippen LogP contribution in [0.1, 0.15) is 26.2 Å². The van der Waals surface area contributed by atoms with Gasteiger partial charge in [0, 0.05) is 25.7 Å². The number of hydrogen-bond donors (Lipinski definition) is 1. The van der Waals surface area contributed by atoms with Gasteiger partial charge in [0.1, 0.15) is 0 Å². The summed E-state index contributed by atoms with van der Waals surface area (Å²) in [4.78, 5) is 2.45. The summed E-state index contributed by atoms with van der Waals surface area (Å²) in [6.07, 6.45) is 3.95. The molecule has 3 heteroatoms.